The lowest BCUT2D eigenvalue weighted by Crippen LogP contribution is -2.41. The van der Waals surface area contributed by atoms with Gasteiger partial charge >= 0.3 is 0 Å². The lowest BCUT2D eigenvalue weighted by Gasteiger charge is -2.39. The first kappa shape index (κ1) is 11.6. The van der Waals surface area contributed by atoms with Crippen LogP contribution in [0, 0.1) is 11.3 Å². The standard InChI is InChI=1S/C12H22N4/c1-9-6-12(2,3)5-4-10(9)13-7-11-14-8-15-16-11/h8-10,13H,4-7H2,1-3H3,(H,14,15,16). The number of hydrogen-bond acceptors (Lipinski definition) is 3. The molecule has 90 valence electrons. The van der Waals surface area contributed by atoms with Crippen LogP contribution >= 0.6 is 0 Å². The van der Waals surface area contributed by atoms with E-state index in [0.717, 1.165) is 18.3 Å². The first-order valence-corrected chi connectivity index (χ1v) is 6.14. The maximum atomic E-state index is 4.13. The molecule has 1 aromatic rings. The SMILES string of the molecule is CC1CC(C)(C)CCC1NCc1ncn[nH]1. The number of rotatable bonds is 3. The van der Waals surface area contributed by atoms with Crippen molar-refractivity contribution < 1.29 is 0 Å². The van der Waals surface area contributed by atoms with Gasteiger partial charge in [0.1, 0.15) is 12.2 Å². The van der Waals surface area contributed by atoms with E-state index >= 15 is 0 Å². The van der Waals surface area contributed by atoms with Gasteiger partial charge in [-0.3, -0.25) is 5.10 Å². The van der Waals surface area contributed by atoms with Gasteiger partial charge in [0.15, 0.2) is 0 Å². The Kier molecular flexibility index (Phi) is 3.28. The lowest BCUT2D eigenvalue weighted by atomic mass is 9.70. The molecular formula is C12H22N4. The Bertz CT molecular complexity index is 318. The topological polar surface area (TPSA) is 53.6 Å². The summed E-state index contributed by atoms with van der Waals surface area (Å²) in [4.78, 5) is 4.13. The van der Waals surface area contributed by atoms with Crippen molar-refractivity contribution in [3.05, 3.63) is 12.2 Å². The van der Waals surface area contributed by atoms with E-state index in [2.05, 4.69) is 41.3 Å². The van der Waals surface area contributed by atoms with Gasteiger partial charge in [-0.05, 0) is 30.6 Å². The second-order valence-electron chi connectivity index (χ2n) is 5.80. The zero-order chi connectivity index (χ0) is 11.6. The summed E-state index contributed by atoms with van der Waals surface area (Å²) in [6.45, 7) is 7.89. The molecule has 1 heterocycles. The predicted molar refractivity (Wildman–Crippen MR) is 63.8 cm³/mol. The number of nitrogens with zero attached hydrogens (tertiary/aromatic N) is 2. The van der Waals surface area contributed by atoms with Crippen LogP contribution in [-0.4, -0.2) is 21.2 Å². The van der Waals surface area contributed by atoms with E-state index in [9.17, 15) is 0 Å². The third-order valence-electron chi connectivity index (χ3n) is 3.69. The van der Waals surface area contributed by atoms with E-state index in [1.54, 1.807) is 6.33 Å². The normalized spacial score (nSPS) is 29.2. The van der Waals surface area contributed by atoms with Crippen LogP contribution in [0.5, 0.6) is 0 Å². The molecule has 1 aliphatic rings. The van der Waals surface area contributed by atoms with Gasteiger partial charge in [0, 0.05) is 6.04 Å². The highest BCUT2D eigenvalue weighted by Gasteiger charge is 2.31. The fraction of sp³-hybridized carbons (Fsp3) is 0.833. The van der Waals surface area contributed by atoms with Gasteiger partial charge in [0.25, 0.3) is 0 Å². The van der Waals surface area contributed by atoms with Crippen molar-refractivity contribution in [1.29, 1.82) is 0 Å². The molecule has 1 aromatic heterocycles. The first-order chi connectivity index (χ1) is 7.57. The van der Waals surface area contributed by atoms with Crippen LogP contribution in [0.25, 0.3) is 0 Å². The minimum Gasteiger partial charge on any atom is -0.307 e. The van der Waals surface area contributed by atoms with Crippen molar-refractivity contribution in [2.75, 3.05) is 0 Å². The predicted octanol–water partition coefficient (Wildman–Crippen LogP) is 2.11. The van der Waals surface area contributed by atoms with Gasteiger partial charge < -0.3 is 5.32 Å². The van der Waals surface area contributed by atoms with Crippen LogP contribution in [0.3, 0.4) is 0 Å². The van der Waals surface area contributed by atoms with Crippen LogP contribution in [0.2, 0.25) is 0 Å². The van der Waals surface area contributed by atoms with Crippen LogP contribution < -0.4 is 5.32 Å². The maximum absolute atomic E-state index is 4.13. The summed E-state index contributed by atoms with van der Waals surface area (Å²) >= 11 is 0. The summed E-state index contributed by atoms with van der Waals surface area (Å²) < 4.78 is 0. The molecule has 4 nitrogen and oxygen atoms in total. The molecule has 2 unspecified atom stereocenters. The van der Waals surface area contributed by atoms with E-state index in [-0.39, 0.29) is 0 Å². The monoisotopic (exact) mass is 222 g/mol. The van der Waals surface area contributed by atoms with E-state index in [4.69, 9.17) is 0 Å². The molecule has 0 aliphatic heterocycles. The fourth-order valence-corrected chi connectivity index (χ4v) is 2.79. The van der Waals surface area contributed by atoms with Crippen molar-refractivity contribution in [3.63, 3.8) is 0 Å². The highest BCUT2D eigenvalue weighted by molar-refractivity contribution is 4.88. The van der Waals surface area contributed by atoms with E-state index in [1.807, 2.05) is 0 Å². The Balaban J connectivity index is 1.83. The molecule has 2 N–H and O–H groups in total. The quantitative estimate of drug-likeness (QED) is 0.823. The molecular weight excluding hydrogens is 200 g/mol. The van der Waals surface area contributed by atoms with Crippen LogP contribution in [0.15, 0.2) is 6.33 Å². The number of H-pyrrole nitrogens is 1. The Morgan fingerprint density at radius 2 is 2.38 bits per heavy atom. The minimum absolute atomic E-state index is 0.518. The molecule has 0 spiro atoms. The third kappa shape index (κ3) is 2.82. The minimum atomic E-state index is 0.518. The zero-order valence-electron chi connectivity index (χ0n) is 10.5. The summed E-state index contributed by atoms with van der Waals surface area (Å²) in [7, 11) is 0. The van der Waals surface area contributed by atoms with Gasteiger partial charge in [-0.25, -0.2) is 4.98 Å². The summed E-state index contributed by atoms with van der Waals surface area (Å²) in [5.41, 5.74) is 0.518. The molecule has 1 saturated carbocycles. The highest BCUT2D eigenvalue weighted by atomic mass is 15.2. The van der Waals surface area contributed by atoms with Crippen LogP contribution in [-0.2, 0) is 6.54 Å². The van der Waals surface area contributed by atoms with E-state index in [1.165, 1.54) is 19.3 Å². The van der Waals surface area contributed by atoms with Gasteiger partial charge in [0.05, 0.1) is 6.54 Å². The van der Waals surface area contributed by atoms with Gasteiger partial charge in [-0.1, -0.05) is 20.8 Å². The van der Waals surface area contributed by atoms with Crippen molar-refractivity contribution in [2.45, 2.75) is 52.6 Å². The molecule has 0 aromatic carbocycles. The molecule has 1 aliphatic carbocycles. The largest absolute Gasteiger partial charge is 0.307 e. The Hall–Kier alpha value is -0.900. The summed E-state index contributed by atoms with van der Waals surface area (Å²) in [6, 6.07) is 0.623. The average Bonchev–Trinajstić information content (AvgIpc) is 2.68. The number of nitrogens with one attached hydrogen (secondary N) is 2. The van der Waals surface area contributed by atoms with E-state index in [0.29, 0.717) is 11.5 Å². The zero-order valence-corrected chi connectivity index (χ0v) is 10.5. The van der Waals surface area contributed by atoms with Gasteiger partial charge in [-0.15, -0.1) is 0 Å². The van der Waals surface area contributed by atoms with Gasteiger partial charge in [0.2, 0.25) is 0 Å². The molecule has 1 fully saturated rings. The lowest BCUT2D eigenvalue weighted by molar-refractivity contribution is 0.148. The number of hydrogen-bond donors (Lipinski definition) is 2. The summed E-state index contributed by atoms with van der Waals surface area (Å²) in [5, 5.41) is 10.3. The molecule has 4 heteroatoms. The third-order valence-corrected chi connectivity index (χ3v) is 3.69. The second kappa shape index (κ2) is 4.53. The Morgan fingerprint density at radius 1 is 1.56 bits per heavy atom. The van der Waals surface area contributed by atoms with Gasteiger partial charge in [-0.2, -0.15) is 5.10 Å². The maximum Gasteiger partial charge on any atom is 0.138 e. The van der Waals surface area contributed by atoms with Crippen LogP contribution in [0.4, 0.5) is 0 Å². The summed E-state index contributed by atoms with van der Waals surface area (Å²) in [6.07, 6.45) is 5.44. The molecule has 2 atom stereocenters. The van der Waals surface area contributed by atoms with Crippen LogP contribution in [0.1, 0.15) is 45.9 Å². The number of aromatic amines is 1. The molecule has 16 heavy (non-hydrogen) atoms. The molecule has 2 rings (SSSR count). The fourth-order valence-electron chi connectivity index (χ4n) is 2.79. The van der Waals surface area contributed by atoms with Crippen molar-refractivity contribution in [2.24, 2.45) is 11.3 Å². The van der Waals surface area contributed by atoms with Crippen molar-refractivity contribution in [3.8, 4) is 0 Å². The molecule has 0 amide bonds. The molecule has 0 saturated heterocycles. The average molecular weight is 222 g/mol. The molecule has 0 radical (unpaired) electrons. The molecule has 0 bridgehead atoms. The summed E-state index contributed by atoms with van der Waals surface area (Å²) in [5.74, 6) is 1.67. The first-order valence-electron chi connectivity index (χ1n) is 6.14. The van der Waals surface area contributed by atoms with Crippen molar-refractivity contribution in [1.82, 2.24) is 20.5 Å². The van der Waals surface area contributed by atoms with E-state index < -0.39 is 0 Å². The number of aromatic nitrogens is 3. The smallest absolute Gasteiger partial charge is 0.138 e. The Labute approximate surface area is 97.2 Å². The Morgan fingerprint density at radius 3 is 3.00 bits per heavy atom. The highest BCUT2D eigenvalue weighted by Crippen LogP contribution is 2.38. The van der Waals surface area contributed by atoms with Crippen molar-refractivity contribution >= 4 is 0 Å². The second-order valence-corrected chi connectivity index (χ2v) is 5.80.